The molecule has 0 saturated carbocycles. The van der Waals surface area contributed by atoms with E-state index in [9.17, 15) is 20.1 Å². The third kappa shape index (κ3) is 2.14. The highest BCUT2D eigenvalue weighted by Gasteiger charge is 2.65. The van der Waals surface area contributed by atoms with Gasteiger partial charge in [-0.25, -0.2) is 0 Å². The third-order valence-electron chi connectivity index (χ3n) is 3.34. The van der Waals surface area contributed by atoms with Gasteiger partial charge >= 0.3 is 0 Å². The second kappa shape index (κ2) is 5.07. The van der Waals surface area contributed by atoms with Crippen molar-refractivity contribution >= 4 is 17.4 Å². The Hall–Kier alpha value is -1.02. The molecular weight excluding hydrogens is 288 g/mol. The van der Waals surface area contributed by atoms with Crippen LogP contribution in [0.3, 0.4) is 0 Å². The van der Waals surface area contributed by atoms with Crippen LogP contribution in [-0.4, -0.2) is 56.4 Å². The van der Waals surface area contributed by atoms with E-state index in [1.54, 1.807) is 0 Å². The average molecular weight is 304 g/mol. The molecule has 0 spiro atoms. The van der Waals surface area contributed by atoms with Crippen molar-refractivity contribution in [2.45, 2.75) is 30.5 Å². The molecule has 0 bridgehead atoms. The minimum Gasteiger partial charge on any atom is -0.394 e. The molecule has 1 saturated heterocycles. The minimum absolute atomic E-state index is 0.0143. The third-order valence-corrected chi connectivity index (χ3v) is 3.60. The number of hydrogen-bond donors (Lipinski definition) is 4. The number of rotatable bonds is 3. The fourth-order valence-corrected chi connectivity index (χ4v) is 2.20. The standard InChI is InChI=1S/C13H15ClO6/c1-12(18)11(17)9(6-15)20-13(12,19)10(16)7-2-4-8(14)5-3-7/h2-5,9,11,15,17-19H,6H2,1H3/t9-,11-,12-,13?/m1/s1/i1D. The van der Waals surface area contributed by atoms with E-state index >= 15 is 0 Å². The summed E-state index contributed by atoms with van der Waals surface area (Å²) >= 11 is 5.71. The molecule has 6 nitrogen and oxygen atoms in total. The molecule has 20 heavy (non-hydrogen) atoms. The maximum absolute atomic E-state index is 12.4. The smallest absolute Gasteiger partial charge is 0.263 e. The molecule has 110 valence electrons. The number of benzene rings is 1. The van der Waals surface area contributed by atoms with Gasteiger partial charge in [0.15, 0.2) is 5.60 Å². The van der Waals surface area contributed by atoms with Crippen molar-refractivity contribution < 1.29 is 31.3 Å². The monoisotopic (exact) mass is 303 g/mol. The number of carbonyl (C=O) groups excluding carboxylic acids is 1. The first kappa shape index (κ1) is 13.9. The largest absolute Gasteiger partial charge is 0.394 e. The first-order chi connectivity index (χ1) is 9.80. The first-order valence-corrected chi connectivity index (χ1v) is 6.19. The van der Waals surface area contributed by atoms with Crippen molar-refractivity contribution in [3.05, 3.63) is 34.9 Å². The summed E-state index contributed by atoms with van der Waals surface area (Å²) in [5.74, 6) is -3.85. The van der Waals surface area contributed by atoms with Crippen LogP contribution in [0.5, 0.6) is 0 Å². The lowest BCUT2D eigenvalue weighted by Crippen LogP contribution is -2.59. The summed E-state index contributed by atoms with van der Waals surface area (Å²) in [5.41, 5.74) is -2.56. The number of aliphatic hydroxyl groups excluding tert-OH is 2. The van der Waals surface area contributed by atoms with Crippen LogP contribution in [0.15, 0.2) is 24.3 Å². The molecule has 7 heteroatoms. The van der Waals surface area contributed by atoms with E-state index in [1.807, 2.05) is 0 Å². The van der Waals surface area contributed by atoms with Crippen molar-refractivity contribution in [2.75, 3.05) is 6.61 Å². The van der Waals surface area contributed by atoms with Gasteiger partial charge < -0.3 is 25.2 Å². The molecule has 0 aliphatic carbocycles. The normalized spacial score (nSPS) is 37.8. The van der Waals surface area contributed by atoms with E-state index in [0.29, 0.717) is 5.02 Å². The molecule has 1 aromatic carbocycles. The van der Waals surface area contributed by atoms with Gasteiger partial charge in [0.1, 0.15) is 12.2 Å². The van der Waals surface area contributed by atoms with Crippen LogP contribution < -0.4 is 0 Å². The van der Waals surface area contributed by atoms with E-state index in [-0.39, 0.29) is 5.56 Å². The predicted octanol–water partition coefficient (Wildman–Crippen LogP) is -0.286. The van der Waals surface area contributed by atoms with Crippen LogP contribution in [0, 0.1) is 0 Å². The highest BCUT2D eigenvalue weighted by Crippen LogP contribution is 2.40. The SMILES string of the molecule is [2H]C[C@@]1(O)[C@H](O)[C@@H](CO)OC1(O)C(=O)c1ccc(Cl)cc1. The summed E-state index contributed by atoms with van der Waals surface area (Å²) < 4.78 is 12.3. The predicted molar refractivity (Wildman–Crippen MR) is 69.3 cm³/mol. The van der Waals surface area contributed by atoms with Crippen molar-refractivity contribution in [2.24, 2.45) is 0 Å². The molecule has 1 aliphatic heterocycles. The fourth-order valence-electron chi connectivity index (χ4n) is 2.08. The topological polar surface area (TPSA) is 107 Å². The molecule has 1 unspecified atom stereocenters. The quantitative estimate of drug-likeness (QED) is 0.572. The summed E-state index contributed by atoms with van der Waals surface area (Å²) in [6.45, 7) is -1.61. The fraction of sp³-hybridized carbons (Fsp3) is 0.462. The Labute approximate surface area is 121 Å². The molecular formula is C13H15ClO6. The first-order valence-electron chi connectivity index (χ1n) is 6.52. The number of hydrogen-bond acceptors (Lipinski definition) is 6. The van der Waals surface area contributed by atoms with Gasteiger partial charge in [-0.05, 0) is 31.2 Å². The Morgan fingerprint density at radius 3 is 2.55 bits per heavy atom. The lowest BCUT2D eigenvalue weighted by atomic mass is 9.85. The van der Waals surface area contributed by atoms with Crippen LogP contribution in [0.4, 0.5) is 0 Å². The lowest BCUT2D eigenvalue weighted by molar-refractivity contribution is -0.226. The van der Waals surface area contributed by atoms with Gasteiger partial charge in [0.2, 0.25) is 5.78 Å². The zero-order valence-electron chi connectivity index (χ0n) is 11.4. The van der Waals surface area contributed by atoms with Gasteiger partial charge in [-0.3, -0.25) is 4.79 Å². The number of Topliss-reactive ketones (excluding diaryl/α,β-unsaturated/α-hetero) is 1. The Morgan fingerprint density at radius 1 is 1.45 bits per heavy atom. The highest BCUT2D eigenvalue weighted by molar-refractivity contribution is 6.30. The number of ether oxygens (including phenoxy) is 1. The van der Waals surface area contributed by atoms with E-state index in [1.165, 1.54) is 24.3 Å². The Bertz CT molecular complexity index is 538. The van der Waals surface area contributed by atoms with Crippen LogP contribution >= 0.6 is 11.6 Å². The second-order valence-electron chi connectivity index (χ2n) is 4.69. The summed E-state index contributed by atoms with van der Waals surface area (Å²) in [6, 6.07) is 5.45. The van der Waals surface area contributed by atoms with Crippen molar-refractivity contribution in [3.63, 3.8) is 0 Å². The molecule has 1 heterocycles. The molecule has 0 amide bonds. The number of aliphatic hydroxyl groups is 4. The van der Waals surface area contributed by atoms with Crippen LogP contribution in [0.1, 0.15) is 18.6 Å². The molecule has 4 atom stereocenters. The van der Waals surface area contributed by atoms with Crippen molar-refractivity contribution in [3.8, 4) is 0 Å². The molecule has 4 N–H and O–H groups in total. The summed E-state index contributed by atoms with van der Waals surface area (Å²) in [7, 11) is 0. The molecule has 0 aromatic heterocycles. The van der Waals surface area contributed by atoms with Gasteiger partial charge in [0.25, 0.3) is 5.79 Å². The molecule has 1 aliphatic rings. The zero-order chi connectivity index (χ0) is 15.8. The average Bonchev–Trinajstić information content (AvgIpc) is 2.69. The van der Waals surface area contributed by atoms with Crippen LogP contribution in [0.25, 0.3) is 0 Å². The lowest BCUT2D eigenvalue weighted by Gasteiger charge is -2.33. The van der Waals surface area contributed by atoms with E-state index in [4.69, 9.17) is 22.8 Å². The second-order valence-corrected chi connectivity index (χ2v) is 5.12. The Kier molecular flexibility index (Phi) is 3.53. The van der Waals surface area contributed by atoms with E-state index in [2.05, 4.69) is 0 Å². The Morgan fingerprint density at radius 2 is 2.05 bits per heavy atom. The zero-order valence-corrected chi connectivity index (χ0v) is 11.1. The summed E-state index contributed by atoms with van der Waals surface area (Å²) in [4.78, 5) is 12.4. The summed E-state index contributed by atoms with van der Waals surface area (Å²) in [5, 5.41) is 40.1. The van der Waals surface area contributed by atoms with Crippen LogP contribution in [0.2, 0.25) is 5.02 Å². The molecule has 1 aromatic rings. The maximum Gasteiger partial charge on any atom is 0.263 e. The van der Waals surface area contributed by atoms with Gasteiger partial charge in [0, 0.05) is 12.0 Å². The highest BCUT2D eigenvalue weighted by atomic mass is 35.5. The van der Waals surface area contributed by atoms with Crippen molar-refractivity contribution in [1.29, 1.82) is 0 Å². The van der Waals surface area contributed by atoms with E-state index < -0.39 is 42.9 Å². The number of halogens is 1. The van der Waals surface area contributed by atoms with Gasteiger partial charge in [0.05, 0.1) is 6.61 Å². The van der Waals surface area contributed by atoms with Crippen LogP contribution in [-0.2, 0) is 4.74 Å². The number of ketones is 1. The molecule has 2 rings (SSSR count). The van der Waals surface area contributed by atoms with Gasteiger partial charge in [-0.15, -0.1) is 0 Å². The van der Waals surface area contributed by atoms with Crippen molar-refractivity contribution in [1.82, 2.24) is 0 Å². The Balaban J connectivity index is 2.44. The number of carbonyl (C=O) groups is 1. The van der Waals surface area contributed by atoms with Gasteiger partial charge in [-0.2, -0.15) is 0 Å². The summed E-state index contributed by atoms with van der Waals surface area (Å²) in [6.07, 6.45) is -3.15. The maximum atomic E-state index is 12.4. The minimum atomic E-state index is -2.82. The van der Waals surface area contributed by atoms with E-state index in [0.717, 1.165) is 0 Å². The molecule has 0 radical (unpaired) electrons. The molecule has 1 fully saturated rings. The van der Waals surface area contributed by atoms with Gasteiger partial charge in [-0.1, -0.05) is 11.6 Å².